The van der Waals surface area contributed by atoms with E-state index in [1.165, 1.54) is 0 Å². The molecule has 0 spiro atoms. The molecule has 1 fully saturated rings. The van der Waals surface area contributed by atoms with E-state index < -0.39 is 0 Å². The van der Waals surface area contributed by atoms with Crippen molar-refractivity contribution in [1.82, 2.24) is 15.5 Å². The van der Waals surface area contributed by atoms with Crippen molar-refractivity contribution in [2.45, 2.75) is 52.0 Å². The standard InChI is InChI=1S/C19H29N3O3/c1-13(2)18(23)20-11-14-5-4-9-22(12-14)19(24)21-16-6-3-7-17-15(16)8-10-25-17/h8,10,13-14,16H,3-7,9,11-12H2,1-2H3,(H,20,23)(H,21,24). The average molecular weight is 347 g/mol. The molecule has 6 nitrogen and oxygen atoms in total. The number of rotatable bonds is 4. The van der Waals surface area contributed by atoms with Gasteiger partial charge < -0.3 is 20.0 Å². The van der Waals surface area contributed by atoms with Crippen molar-refractivity contribution in [3.63, 3.8) is 0 Å². The molecule has 0 radical (unpaired) electrons. The number of urea groups is 1. The maximum absolute atomic E-state index is 12.7. The van der Waals surface area contributed by atoms with Crippen LogP contribution in [0.4, 0.5) is 4.79 Å². The molecule has 3 rings (SSSR count). The van der Waals surface area contributed by atoms with Gasteiger partial charge in [0.1, 0.15) is 5.76 Å². The summed E-state index contributed by atoms with van der Waals surface area (Å²) in [4.78, 5) is 26.3. The number of furan rings is 1. The molecule has 3 amide bonds. The van der Waals surface area contributed by atoms with Crippen molar-refractivity contribution < 1.29 is 14.0 Å². The lowest BCUT2D eigenvalue weighted by molar-refractivity contribution is -0.124. The summed E-state index contributed by atoms with van der Waals surface area (Å²) in [7, 11) is 0. The first-order valence-corrected chi connectivity index (χ1v) is 9.44. The molecular weight excluding hydrogens is 318 g/mol. The van der Waals surface area contributed by atoms with E-state index in [4.69, 9.17) is 4.42 Å². The summed E-state index contributed by atoms with van der Waals surface area (Å²) in [5.74, 6) is 1.41. The quantitative estimate of drug-likeness (QED) is 0.879. The minimum absolute atomic E-state index is 0.000985. The van der Waals surface area contributed by atoms with Crippen molar-refractivity contribution in [3.05, 3.63) is 23.7 Å². The Morgan fingerprint density at radius 3 is 2.96 bits per heavy atom. The zero-order chi connectivity index (χ0) is 17.8. The van der Waals surface area contributed by atoms with Gasteiger partial charge in [0.15, 0.2) is 0 Å². The Hall–Kier alpha value is -1.98. The molecule has 2 heterocycles. The summed E-state index contributed by atoms with van der Waals surface area (Å²) in [5, 5.41) is 6.17. The second-order valence-electron chi connectivity index (χ2n) is 7.55. The lowest BCUT2D eigenvalue weighted by Gasteiger charge is -2.34. The molecule has 1 aromatic heterocycles. The number of piperidine rings is 1. The van der Waals surface area contributed by atoms with Crippen molar-refractivity contribution in [2.24, 2.45) is 11.8 Å². The lowest BCUT2D eigenvalue weighted by atomic mass is 9.93. The predicted molar refractivity (Wildman–Crippen MR) is 95.1 cm³/mol. The van der Waals surface area contributed by atoms with Crippen LogP contribution >= 0.6 is 0 Å². The monoisotopic (exact) mass is 347 g/mol. The molecule has 2 aliphatic rings. The summed E-state index contributed by atoms with van der Waals surface area (Å²) in [5.41, 5.74) is 1.12. The van der Waals surface area contributed by atoms with Gasteiger partial charge in [-0.15, -0.1) is 0 Å². The Kier molecular flexibility index (Phi) is 5.66. The van der Waals surface area contributed by atoms with Crippen molar-refractivity contribution >= 4 is 11.9 Å². The van der Waals surface area contributed by atoms with Crippen LogP contribution in [0.5, 0.6) is 0 Å². The molecule has 0 bridgehead atoms. The number of hydrogen-bond donors (Lipinski definition) is 2. The normalized spacial score (nSPS) is 23.2. The SMILES string of the molecule is CC(C)C(=O)NCC1CCCN(C(=O)NC2CCCc3occc32)C1. The minimum atomic E-state index is -0.00144. The number of fused-ring (bicyclic) bond motifs is 1. The first-order chi connectivity index (χ1) is 12.0. The van der Waals surface area contributed by atoms with Gasteiger partial charge in [0.25, 0.3) is 0 Å². The van der Waals surface area contributed by atoms with Crippen LogP contribution in [0.25, 0.3) is 0 Å². The van der Waals surface area contributed by atoms with Gasteiger partial charge in [-0.1, -0.05) is 13.8 Å². The van der Waals surface area contributed by atoms with Gasteiger partial charge in [0.05, 0.1) is 12.3 Å². The summed E-state index contributed by atoms with van der Waals surface area (Å²) >= 11 is 0. The third kappa shape index (κ3) is 4.35. The molecule has 2 unspecified atom stereocenters. The van der Waals surface area contributed by atoms with Gasteiger partial charge in [-0.2, -0.15) is 0 Å². The van der Waals surface area contributed by atoms with E-state index in [0.717, 1.165) is 50.0 Å². The van der Waals surface area contributed by atoms with Crippen LogP contribution in [0.15, 0.2) is 16.7 Å². The van der Waals surface area contributed by atoms with Crippen LogP contribution in [0.2, 0.25) is 0 Å². The van der Waals surface area contributed by atoms with Gasteiger partial charge in [-0.3, -0.25) is 4.79 Å². The minimum Gasteiger partial charge on any atom is -0.469 e. The van der Waals surface area contributed by atoms with Gasteiger partial charge in [-0.25, -0.2) is 4.79 Å². The smallest absolute Gasteiger partial charge is 0.317 e. The number of carbonyl (C=O) groups is 2. The van der Waals surface area contributed by atoms with Crippen LogP contribution in [-0.4, -0.2) is 36.5 Å². The summed E-state index contributed by atoms with van der Waals surface area (Å²) in [6, 6.07) is 2.02. The molecule has 1 aliphatic carbocycles. The van der Waals surface area contributed by atoms with Crippen molar-refractivity contribution in [1.29, 1.82) is 0 Å². The van der Waals surface area contributed by atoms with Crippen LogP contribution in [0, 0.1) is 11.8 Å². The fraction of sp³-hybridized carbons (Fsp3) is 0.684. The zero-order valence-corrected chi connectivity index (χ0v) is 15.2. The second kappa shape index (κ2) is 7.93. The molecule has 1 aliphatic heterocycles. The van der Waals surface area contributed by atoms with Crippen molar-refractivity contribution in [3.8, 4) is 0 Å². The highest BCUT2D eigenvalue weighted by molar-refractivity contribution is 5.78. The topological polar surface area (TPSA) is 74.6 Å². The van der Waals surface area contributed by atoms with E-state index in [1.54, 1.807) is 6.26 Å². The molecule has 2 atom stereocenters. The molecule has 0 saturated carbocycles. The van der Waals surface area contributed by atoms with Gasteiger partial charge in [0.2, 0.25) is 5.91 Å². The number of nitrogens with one attached hydrogen (secondary N) is 2. The number of aryl methyl sites for hydroxylation is 1. The third-order valence-corrected chi connectivity index (χ3v) is 5.25. The zero-order valence-electron chi connectivity index (χ0n) is 15.2. The van der Waals surface area contributed by atoms with Crippen LogP contribution in [-0.2, 0) is 11.2 Å². The Morgan fingerprint density at radius 2 is 2.16 bits per heavy atom. The van der Waals surface area contributed by atoms with Gasteiger partial charge in [-0.05, 0) is 37.7 Å². The molecule has 1 aromatic rings. The third-order valence-electron chi connectivity index (χ3n) is 5.25. The molecular formula is C19H29N3O3. The highest BCUT2D eigenvalue weighted by Crippen LogP contribution is 2.30. The van der Waals surface area contributed by atoms with E-state index in [2.05, 4.69) is 10.6 Å². The Labute approximate surface area is 149 Å². The second-order valence-corrected chi connectivity index (χ2v) is 7.55. The maximum Gasteiger partial charge on any atom is 0.317 e. The molecule has 138 valence electrons. The van der Waals surface area contributed by atoms with E-state index >= 15 is 0 Å². The molecule has 25 heavy (non-hydrogen) atoms. The molecule has 6 heteroatoms. The fourth-order valence-electron chi connectivity index (χ4n) is 3.74. The van der Waals surface area contributed by atoms with E-state index in [9.17, 15) is 9.59 Å². The summed E-state index contributed by atoms with van der Waals surface area (Å²) in [6.45, 7) is 5.92. The number of nitrogens with zero attached hydrogens (tertiary/aromatic N) is 1. The fourth-order valence-corrected chi connectivity index (χ4v) is 3.74. The predicted octanol–water partition coefficient (Wildman–Crippen LogP) is 2.85. The Bertz CT molecular complexity index is 611. The van der Waals surface area contributed by atoms with Crippen LogP contribution < -0.4 is 10.6 Å². The number of carbonyl (C=O) groups excluding carboxylic acids is 2. The summed E-state index contributed by atoms with van der Waals surface area (Å²) < 4.78 is 5.50. The van der Waals surface area contributed by atoms with Crippen LogP contribution in [0.3, 0.4) is 0 Å². The van der Waals surface area contributed by atoms with Crippen LogP contribution in [0.1, 0.15) is 56.9 Å². The molecule has 1 saturated heterocycles. The largest absolute Gasteiger partial charge is 0.469 e. The number of amides is 3. The Balaban J connectivity index is 1.52. The molecule has 2 N–H and O–H groups in total. The lowest BCUT2D eigenvalue weighted by Crippen LogP contribution is -2.48. The van der Waals surface area contributed by atoms with Gasteiger partial charge >= 0.3 is 6.03 Å². The average Bonchev–Trinajstić information content (AvgIpc) is 3.09. The summed E-state index contributed by atoms with van der Waals surface area (Å²) in [6.07, 6.45) is 6.70. The first-order valence-electron chi connectivity index (χ1n) is 9.44. The first kappa shape index (κ1) is 17.8. The highest BCUT2D eigenvalue weighted by atomic mass is 16.3. The van der Waals surface area contributed by atoms with Crippen molar-refractivity contribution in [2.75, 3.05) is 19.6 Å². The van der Waals surface area contributed by atoms with Gasteiger partial charge in [0, 0.05) is 37.5 Å². The van der Waals surface area contributed by atoms with E-state index in [-0.39, 0.29) is 23.9 Å². The highest BCUT2D eigenvalue weighted by Gasteiger charge is 2.28. The molecule has 0 aromatic carbocycles. The van der Waals surface area contributed by atoms with E-state index in [1.807, 2.05) is 24.8 Å². The van der Waals surface area contributed by atoms with E-state index in [0.29, 0.717) is 19.0 Å². The Morgan fingerprint density at radius 1 is 1.32 bits per heavy atom. The maximum atomic E-state index is 12.7. The number of hydrogen-bond acceptors (Lipinski definition) is 3. The number of likely N-dealkylation sites (tertiary alicyclic amines) is 1.